The maximum atomic E-state index is 13.1. The summed E-state index contributed by atoms with van der Waals surface area (Å²) in [4.78, 5) is 32.4. The first-order valence-electron chi connectivity index (χ1n) is 8.80. The number of thiazole rings is 1. The number of carbonyl (C=O) groups is 1. The smallest absolute Gasteiger partial charge is 0.291 e. The molecule has 0 bridgehead atoms. The molecule has 0 radical (unpaired) electrons. The first-order valence-corrected chi connectivity index (χ1v) is 9.62. The molecule has 0 saturated heterocycles. The van der Waals surface area contributed by atoms with Crippen LogP contribution in [0.2, 0.25) is 0 Å². The minimum absolute atomic E-state index is 0.244. The molecule has 0 aliphatic carbocycles. The third kappa shape index (κ3) is 2.60. The number of benzene rings is 2. The Balaban J connectivity index is 1.72. The number of para-hydroxylation sites is 1. The second-order valence-corrected chi connectivity index (χ2v) is 7.45. The Bertz CT molecular complexity index is 1400. The minimum atomic E-state index is -0.399. The molecular weight excluding hydrogens is 391 g/mol. The van der Waals surface area contributed by atoms with Gasteiger partial charge in [-0.15, -0.1) is 11.7 Å². The number of fused-ring (bicyclic) bond motifs is 2. The Morgan fingerprint density at radius 3 is 2.59 bits per heavy atom. The molecule has 5 rings (SSSR count). The fraction of sp³-hybridized carbons (Fsp3) is 0.0476. The van der Waals surface area contributed by atoms with Crippen LogP contribution in [0.5, 0.6) is 0 Å². The van der Waals surface area contributed by atoms with Crippen molar-refractivity contribution in [1.82, 2.24) is 14.6 Å². The Morgan fingerprint density at radius 1 is 1.10 bits per heavy atom. The average Bonchev–Trinajstić information content (AvgIpc) is 3.35. The van der Waals surface area contributed by atoms with Crippen molar-refractivity contribution < 1.29 is 9.18 Å². The predicted molar refractivity (Wildman–Crippen MR) is 109 cm³/mol. The van der Waals surface area contributed by atoms with Crippen molar-refractivity contribution in [3.8, 4) is 11.4 Å². The number of halogens is 1. The molecule has 0 saturated carbocycles. The quantitative estimate of drug-likeness (QED) is 0.492. The molecule has 1 aliphatic heterocycles. The molecule has 2 aromatic carbocycles. The van der Waals surface area contributed by atoms with Crippen LogP contribution in [0.1, 0.15) is 5.56 Å². The van der Waals surface area contributed by atoms with Gasteiger partial charge in [0.25, 0.3) is 11.5 Å². The van der Waals surface area contributed by atoms with Gasteiger partial charge in [0.2, 0.25) is 4.96 Å². The van der Waals surface area contributed by atoms with Crippen molar-refractivity contribution in [1.29, 1.82) is 0 Å². The van der Waals surface area contributed by atoms with Crippen LogP contribution in [0, 0.1) is 5.82 Å². The fourth-order valence-electron chi connectivity index (χ4n) is 3.42. The highest BCUT2D eigenvalue weighted by Crippen LogP contribution is 2.35. The first-order chi connectivity index (χ1) is 14.1. The highest BCUT2D eigenvalue weighted by atomic mass is 32.1. The average molecular weight is 404 g/mol. The van der Waals surface area contributed by atoms with E-state index in [1.807, 2.05) is 24.3 Å². The van der Waals surface area contributed by atoms with Crippen LogP contribution in [0.25, 0.3) is 21.9 Å². The maximum Gasteiger partial charge on any atom is 0.291 e. The van der Waals surface area contributed by atoms with Gasteiger partial charge in [0.1, 0.15) is 10.3 Å². The van der Waals surface area contributed by atoms with Gasteiger partial charge in [0.05, 0.1) is 11.3 Å². The number of hydrogen-bond acceptors (Lipinski definition) is 5. The summed E-state index contributed by atoms with van der Waals surface area (Å²) in [6.45, 7) is 4.06. The largest absolute Gasteiger partial charge is 0.304 e. The number of amides is 1. The normalized spacial score (nSPS) is 15.2. The summed E-state index contributed by atoms with van der Waals surface area (Å²) in [6, 6.07) is 13.1. The van der Waals surface area contributed by atoms with E-state index >= 15 is 0 Å². The first kappa shape index (κ1) is 17.4. The summed E-state index contributed by atoms with van der Waals surface area (Å²) < 4.78 is 14.6. The van der Waals surface area contributed by atoms with Crippen LogP contribution in [0.15, 0.2) is 66.0 Å². The van der Waals surface area contributed by atoms with Gasteiger partial charge >= 0.3 is 0 Å². The van der Waals surface area contributed by atoms with Crippen molar-refractivity contribution in [3.05, 3.63) is 87.5 Å². The Morgan fingerprint density at radius 2 is 1.86 bits per heavy atom. The van der Waals surface area contributed by atoms with Gasteiger partial charge in [-0.25, -0.2) is 4.39 Å². The van der Waals surface area contributed by atoms with Gasteiger partial charge in [0.15, 0.2) is 5.82 Å². The summed E-state index contributed by atoms with van der Waals surface area (Å²) >= 11 is 1.12. The number of carbonyl (C=O) groups excluding carboxylic acids is 1. The zero-order chi connectivity index (χ0) is 20.1. The Hall–Kier alpha value is -3.65. The van der Waals surface area contributed by atoms with Crippen molar-refractivity contribution in [2.75, 3.05) is 11.4 Å². The lowest BCUT2D eigenvalue weighted by atomic mass is 10.1. The van der Waals surface area contributed by atoms with E-state index < -0.39 is 5.56 Å². The molecule has 8 heteroatoms. The van der Waals surface area contributed by atoms with Gasteiger partial charge in [-0.05, 0) is 30.3 Å². The second-order valence-electron chi connectivity index (χ2n) is 6.47. The number of anilines is 1. The lowest BCUT2D eigenvalue weighted by Gasteiger charge is -2.13. The molecule has 0 fully saturated rings. The third-order valence-electron chi connectivity index (χ3n) is 4.72. The standard InChI is InChI=1S/C21H13FN4O2S/c1-2-11-25-15-6-4-3-5-14(15)16(19(25)27)17-20(28)26-21(29-17)23-18(24-26)12-7-9-13(22)10-8-12/h2-10H,1,11H2/b17-16-. The summed E-state index contributed by atoms with van der Waals surface area (Å²) in [6.07, 6.45) is 1.65. The van der Waals surface area contributed by atoms with Crippen molar-refractivity contribution in [2.24, 2.45) is 0 Å². The van der Waals surface area contributed by atoms with Gasteiger partial charge in [-0.2, -0.15) is 9.50 Å². The Labute approximate surface area is 167 Å². The van der Waals surface area contributed by atoms with E-state index in [9.17, 15) is 14.0 Å². The molecule has 6 nitrogen and oxygen atoms in total. The zero-order valence-electron chi connectivity index (χ0n) is 15.0. The van der Waals surface area contributed by atoms with E-state index in [0.29, 0.717) is 38.6 Å². The molecule has 4 aromatic rings. The van der Waals surface area contributed by atoms with Crippen LogP contribution >= 0.6 is 11.3 Å². The van der Waals surface area contributed by atoms with Crippen LogP contribution < -0.4 is 15.0 Å². The van der Waals surface area contributed by atoms with E-state index in [-0.39, 0.29) is 11.7 Å². The topological polar surface area (TPSA) is 67.6 Å². The Kier molecular flexibility index (Phi) is 3.88. The molecule has 2 aromatic heterocycles. The summed E-state index contributed by atoms with van der Waals surface area (Å²) in [5, 5.41) is 4.27. The summed E-state index contributed by atoms with van der Waals surface area (Å²) in [7, 11) is 0. The van der Waals surface area contributed by atoms with Crippen LogP contribution in [-0.2, 0) is 4.79 Å². The molecule has 0 atom stereocenters. The third-order valence-corrected chi connectivity index (χ3v) is 5.75. The SMILES string of the molecule is C=CCN1C(=O)/C(=c2\sc3nc(-c4ccc(F)cc4)nn3c2=O)c2ccccc21. The highest BCUT2D eigenvalue weighted by Gasteiger charge is 2.33. The lowest BCUT2D eigenvalue weighted by Crippen LogP contribution is -2.32. The van der Waals surface area contributed by atoms with Gasteiger partial charge in [0, 0.05) is 17.7 Å². The van der Waals surface area contributed by atoms with E-state index in [4.69, 9.17) is 0 Å². The van der Waals surface area contributed by atoms with Gasteiger partial charge in [-0.1, -0.05) is 35.6 Å². The van der Waals surface area contributed by atoms with E-state index in [0.717, 1.165) is 17.0 Å². The van der Waals surface area contributed by atoms with Crippen LogP contribution in [0.3, 0.4) is 0 Å². The molecule has 0 spiro atoms. The number of aromatic nitrogens is 3. The van der Waals surface area contributed by atoms with E-state index in [2.05, 4.69) is 16.7 Å². The molecular formula is C21H13FN4O2S. The van der Waals surface area contributed by atoms with Crippen LogP contribution in [-0.4, -0.2) is 27.0 Å². The van der Waals surface area contributed by atoms with Gasteiger partial charge in [-0.3, -0.25) is 9.59 Å². The second kappa shape index (κ2) is 6.46. The lowest BCUT2D eigenvalue weighted by molar-refractivity contribution is -0.112. The molecule has 0 unspecified atom stereocenters. The fourth-order valence-corrected chi connectivity index (χ4v) is 4.41. The number of rotatable bonds is 3. The van der Waals surface area contributed by atoms with Crippen molar-refractivity contribution in [3.63, 3.8) is 0 Å². The number of nitrogens with zero attached hydrogens (tertiary/aromatic N) is 4. The highest BCUT2D eigenvalue weighted by molar-refractivity contribution is 7.15. The molecule has 0 N–H and O–H groups in total. The number of hydrogen-bond donors (Lipinski definition) is 0. The van der Waals surface area contributed by atoms with E-state index in [1.165, 1.54) is 16.6 Å². The molecule has 142 valence electrons. The van der Waals surface area contributed by atoms with Crippen molar-refractivity contribution >= 4 is 33.5 Å². The van der Waals surface area contributed by atoms with Crippen LogP contribution in [0.4, 0.5) is 10.1 Å². The minimum Gasteiger partial charge on any atom is -0.304 e. The van der Waals surface area contributed by atoms with Gasteiger partial charge < -0.3 is 4.90 Å². The summed E-state index contributed by atoms with van der Waals surface area (Å²) in [5.74, 6) is -0.275. The molecule has 1 amide bonds. The maximum absolute atomic E-state index is 13.1. The van der Waals surface area contributed by atoms with E-state index in [1.54, 1.807) is 23.1 Å². The van der Waals surface area contributed by atoms with Crippen molar-refractivity contribution in [2.45, 2.75) is 0 Å². The molecule has 1 aliphatic rings. The molecule has 29 heavy (non-hydrogen) atoms. The monoisotopic (exact) mass is 404 g/mol. The zero-order valence-corrected chi connectivity index (χ0v) is 15.8. The summed E-state index contributed by atoms with van der Waals surface area (Å²) in [5.41, 5.74) is 2.02. The predicted octanol–water partition coefficient (Wildman–Crippen LogP) is 2.41. The molecule has 3 heterocycles.